The minimum atomic E-state index is -3.57. The summed E-state index contributed by atoms with van der Waals surface area (Å²) in [6, 6.07) is 22.9. The molecule has 0 bridgehead atoms. The van der Waals surface area contributed by atoms with E-state index in [1.54, 1.807) is 4.90 Å². The van der Waals surface area contributed by atoms with E-state index in [1.165, 1.54) is 17.0 Å². The fourth-order valence-electron chi connectivity index (χ4n) is 6.17. The number of hydrogen-bond acceptors (Lipinski definition) is 4. The van der Waals surface area contributed by atoms with E-state index < -0.39 is 16.1 Å². The Morgan fingerprint density at radius 2 is 1.52 bits per heavy atom. The predicted molar refractivity (Wildman–Crippen MR) is 178 cm³/mol. The number of hydrogen-bond donors (Lipinski definition) is 1. The van der Waals surface area contributed by atoms with Crippen molar-refractivity contribution in [2.24, 2.45) is 0 Å². The average Bonchev–Trinajstić information content (AvgIpc) is 2.97. The molecule has 44 heavy (non-hydrogen) atoms. The number of carbonyl (C=O) groups excluding carboxylic acids is 2. The van der Waals surface area contributed by atoms with Crippen LogP contribution in [0.3, 0.4) is 0 Å². The molecule has 236 valence electrons. The molecule has 3 aromatic rings. The molecule has 8 heteroatoms. The summed E-state index contributed by atoms with van der Waals surface area (Å²) < 4.78 is 27.0. The molecular weight excluding hydrogens is 570 g/mol. The Bertz CT molecular complexity index is 1500. The van der Waals surface area contributed by atoms with Gasteiger partial charge in [0, 0.05) is 32.0 Å². The van der Waals surface area contributed by atoms with Crippen LogP contribution in [0.15, 0.2) is 72.8 Å². The van der Waals surface area contributed by atoms with E-state index >= 15 is 0 Å². The first-order valence-electron chi connectivity index (χ1n) is 15.8. The zero-order valence-electron chi connectivity index (χ0n) is 26.6. The van der Waals surface area contributed by atoms with Gasteiger partial charge in [-0.05, 0) is 80.0 Å². The maximum atomic E-state index is 14.1. The molecule has 0 heterocycles. The highest BCUT2D eigenvalue weighted by atomic mass is 32.2. The minimum Gasteiger partial charge on any atom is -0.352 e. The summed E-state index contributed by atoms with van der Waals surface area (Å²) in [6.45, 7) is 6.36. The largest absolute Gasteiger partial charge is 0.352 e. The molecule has 0 saturated heterocycles. The number of amides is 2. The maximum Gasteiger partial charge on any atom is 0.243 e. The second-order valence-corrected chi connectivity index (χ2v) is 14.2. The van der Waals surface area contributed by atoms with Gasteiger partial charge in [-0.25, -0.2) is 8.42 Å². The van der Waals surface area contributed by atoms with Gasteiger partial charge in [0.2, 0.25) is 21.8 Å². The minimum absolute atomic E-state index is 0.116. The lowest BCUT2D eigenvalue weighted by Gasteiger charge is -2.34. The van der Waals surface area contributed by atoms with Crippen LogP contribution < -0.4 is 9.62 Å². The van der Waals surface area contributed by atoms with Crippen LogP contribution in [-0.4, -0.2) is 50.0 Å². The molecule has 1 N–H and O–H groups in total. The lowest BCUT2D eigenvalue weighted by Crippen LogP contribution is -2.53. The summed E-state index contributed by atoms with van der Waals surface area (Å²) in [5, 5.41) is 3.28. The van der Waals surface area contributed by atoms with Crippen molar-refractivity contribution in [1.29, 1.82) is 0 Å². The van der Waals surface area contributed by atoms with E-state index in [9.17, 15) is 18.0 Å². The fraction of sp³-hybridized carbons (Fsp3) is 0.444. The van der Waals surface area contributed by atoms with Crippen LogP contribution in [0, 0.1) is 20.8 Å². The van der Waals surface area contributed by atoms with Crippen LogP contribution >= 0.6 is 0 Å². The van der Waals surface area contributed by atoms with Gasteiger partial charge in [-0.15, -0.1) is 0 Å². The molecule has 1 aliphatic carbocycles. The van der Waals surface area contributed by atoms with Gasteiger partial charge in [0.25, 0.3) is 0 Å². The first-order valence-corrected chi connectivity index (χ1v) is 17.6. The smallest absolute Gasteiger partial charge is 0.243 e. The quantitative estimate of drug-likeness (QED) is 0.246. The summed E-state index contributed by atoms with van der Waals surface area (Å²) in [7, 11) is -3.57. The fourth-order valence-corrected chi connectivity index (χ4v) is 7.12. The van der Waals surface area contributed by atoms with Crippen molar-refractivity contribution in [3.63, 3.8) is 0 Å². The number of rotatable bonds is 13. The molecule has 1 fully saturated rings. The molecule has 1 unspecified atom stereocenters. The van der Waals surface area contributed by atoms with Gasteiger partial charge in [0.15, 0.2) is 0 Å². The summed E-state index contributed by atoms with van der Waals surface area (Å²) in [4.78, 5) is 29.9. The molecule has 1 saturated carbocycles. The Balaban J connectivity index is 1.60. The highest BCUT2D eigenvalue weighted by Crippen LogP contribution is 2.24. The third kappa shape index (κ3) is 9.42. The summed E-state index contributed by atoms with van der Waals surface area (Å²) in [5.74, 6) is -0.294. The van der Waals surface area contributed by atoms with Crippen molar-refractivity contribution in [3.8, 4) is 0 Å². The third-order valence-electron chi connectivity index (χ3n) is 8.47. The van der Waals surface area contributed by atoms with Crippen LogP contribution in [0.25, 0.3) is 0 Å². The summed E-state index contributed by atoms with van der Waals surface area (Å²) in [5.41, 5.74) is 5.57. The lowest BCUT2D eigenvalue weighted by atomic mass is 9.94. The van der Waals surface area contributed by atoms with Gasteiger partial charge >= 0.3 is 0 Å². The van der Waals surface area contributed by atoms with Crippen LogP contribution in [0.2, 0.25) is 0 Å². The number of nitrogens with one attached hydrogen (secondary N) is 1. The maximum absolute atomic E-state index is 14.1. The number of benzene rings is 3. The van der Waals surface area contributed by atoms with Crippen molar-refractivity contribution < 1.29 is 18.0 Å². The van der Waals surface area contributed by atoms with E-state index in [-0.39, 0.29) is 30.8 Å². The van der Waals surface area contributed by atoms with Crippen LogP contribution in [0.4, 0.5) is 5.69 Å². The van der Waals surface area contributed by atoms with Gasteiger partial charge < -0.3 is 10.2 Å². The molecule has 7 nitrogen and oxygen atoms in total. The van der Waals surface area contributed by atoms with E-state index in [0.717, 1.165) is 53.5 Å². The van der Waals surface area contributed by atoms with Crippen molar-refractivity contribution in [3.05, 3.63) is 101 Å². The normalized spacial score (nSPS) is 14.5. The highest BCUT2D eigenvalue weighted by molar-refractivity contribution is 7.92. The molecule has 3 aromatic carbocycles. The third-order valence-corrected chi connectivity index (χ3v) is 9.67. The predicted octanol–water partition coefficient (Wildman–Crippen LogP) is 6.25. The Labute approximate surface area is 263 Å². The van der Waals surface area contributed by atoms with Gasteiger partial charge in [-0.2, -0.15) is 0 Å². The molecule has 0 spiro atoms. The van der Waals surface area contributed by atoms with Crippen molar-refractivity contribution in [1.82, 2.24) is 10.2 Å². The monoisotopic (exact) mass is 617 g/mol. The number of nitrogens with zero attached hydrogens (tertiary/aromatic N) is 2. The van der Waals surface area contributed by atoms with Crippen LogP contribution in [0.5, 0.6) is 0 Å². The van der Waals surface area contributed by atoms with E-state index in [0.29, 0.717) is 25.1 Å². The molecule has 0 radical (unpaired) electrons. The zero-order valence-corrected chi connectivity index (χ0v) is 27.4. The first-order chi connectivity index (χ1) is 21.0. The Hall–Kier alpha value is -3.65. The van der Waals surface area contributed by atoms with Crippen molar-refractivity contribution in [2.45, 2.75) is 90.8 Å². The van der Waals surface area contributed by atoms with Gasteiger partial charge in [0.1, 0.15) is 6.04 Å². The number of anilines is 1. The molecule has 1 atom stereocenters. The summed E-state index contributed by atoms with van der Waals surface area (Å²) in [6.07, 6.45) is 7.32. The SMILES string of the molecule is Cc1cc(C)cc(N(CCCC(=O)N(Cc2ccccc2C)C(Cc2ccccc2)C(=O)NC2CCCCC2)S(C)(=O)=O)c1. The number of carbonyl (C=O) groups is 2. The lowest BCUT2D eigenvalue weighted by molar-refractivity contribution is -0.141. The first kappa shape index (κ1) is 33.2. The molecule has 4 rings (SSSR count). The zero-order chi connectivity index (χ0) is 31.7. The number of aryl methyl sites for hydroxylation is 3. The highest BCUT2D eigenvalue weighted by Gasteiger charge is 2.32. The molecule has 1 aliphatic rings. The topological polar surface area (TPSA) is 86.8 Å². The second-order valence-electron chi connectivity index (χ2n) is 12.3. The molecule has 2 amide bonds. The van der Waals surface area contributed by atoms with Gasteiger partial charge in [0.05, 0.1) is 11.9 Å². The van der Waals surface area contributed by atoms with Crippen molar-refractivity contribution >= 4 is 27.5 Å². The van der Waals surface area contributed by atoms with Gasteiger partial charge in [-0.3, -0.25) is 13.9 Å². The average molecular weight is 618 g/mol. The Kier molecular flexibility index (Phi) is 11.6. The second kappa shape index (κ2) is 15.4. The summed E-state index contributed by atoms with van der Waals surface area (Å²) >= 11 is 0. The van der Waals surface area contributed by atoms with E-state index in [2.05, 4.69) is 5.32 Å². The van der Waals surface area contributed by atoms with Crippen molar-refractivity contribution in [2.75, 3.05) is 17.1 Å². The van der Waals surface area contributed by atoms with Gasteiger partial charge in [-0.1, -0.05) is 79.9 Å². The van der Waals surface area contributed by atoms with Crippen LogP contribution in [-0.2, 0) is 32.6 Å². The molecule has 0 aromatic heterocycles. The standard InChI is InChI=1S/C36H47N3O4S/c1-27-22-28(2)24-33(23-27)39(44(4,42)43)21-13-20-35(40)38(26-31-17-12-11-14-29(31)3)34(25-30-15-7-5-8-16-30)36(41)37-32-18-9-6-10-19-32/h5,7-8,11-12,14-17,22-24,32,34H,6,9-10,13,18-21,25-26H2,1-4H3,(H,37,41). The molecular formula is C36H47N3O4S. The molecule has 0 aliphatic heterocycles. The Morgan fingerprint density at radius 3 is 2.16 bits per heavy atom. The van der Waals surface area contributed by atoms with E-state index in [1.807, 2.05) is 93.6 Å². The number of sulfonamides is 1. The Morgan fingerprint density at radius 1 is 0.886 bits per heavy atom. The van der Waals surface area contributed by atoms with Crippen LogP contribution in [0.1, 0.15) is 72.8 Å². The van der Waals surface area contributed by atoms with E-state index in [4.69, 9.17) is 0 Å².